The molecule has 0 unspecified atom stereocenters. The smallest absolute Gasteiger partial charge is 0.143 e. The van der Waals surface area contributed by atoms with Crippen molar-refractivity contribution >= 4 is 81.3 Å². The van der Waals surface area contributed by atoms with Gasteiger partial charge in [-0.15, -0.1) is 11.3 Å². The maximum atomic E-state index is 6.41. The third-order valence-corrected chi connectivity index (χ3v) is 12.0. The molecule has 0 spiro atoms. The molecule has 0 amide bonds. The van der Waals surface area contributed by atoms with E-state index in [0.717, 1.165) is 50.0 Å². The number of rotatable bonds is 6. The molecule has 0 saturated carbocycles. The standard InChI is InChI=1S/C52H33NOS/c1-2-10-34(11-3-1)35-20-26-38(27-21-35)53(40-30-24-37(25-31-40)42-15-9-19-50-51(42)47-13-5-7-18-49(47)55-50)39-28-22-36(23-29-39)41-14-8-16-45-43(41)32-33-46-44-12-4-6-17-48(44)54-52(45)46/h1-33H. The second kappa shape index (κ2) is 12.9. The second-order valence-electron chi connectivity index (χ2n) is 14.1. The minimum absolute atomic E-state index is 0.918. The molecule has 2 aromatic heterocycles. The van der Waals surface area contributed by atoms with Gasteiger partial charge in [0.15, 0.2) is 0 Å². The van der Waals surface area contributed by atoms with Crippen LogP contribution < -0.4 is 4.90 Å². The van der Waals surface area contributed by atoms with E-state index in [-0.39, 0.29) is 0 Å². The highest BCUT2D eigenvalue weighted by Gasteiger charge is 2.17. The predicted octanol–water partition coefficient (Wildman–Crippen LogP) is 15.6. The summed E-state index contributed by atoms with van der Waals surface area (Å²) >= 11 is 1.86. The molecule has 11 rings (SSSR count). The van der Waals surface area contributed by atoms with Gasteiger partial charge in [-0.1, -0.05) is 140 Å². The maximum absolute atomic E-state index is 6.41. The van der Waals surface area contributed by atoms with Gasteiger partial charge in [-0.3, -0.25) is 0 Å². The second-order valence-corrected chi connectivity index (χ2v) is 15.1. The Kier molecular flexibility index (Phi) is 7.39. The summed E-state index contributed by atoms with van der Waals surface area (Å²) < 4.78 is 9.04. The Bertz CT molecular complexity index is 3170. The Labute approximate surface area is 322 Å². The molecule has 0 aliphatic carbocycles. The highest BCUT2D eigenvalue weighted by Crippen LogP contribution is 2.43. The van der Waals surface area contributed by atoms with Gasteiger partial charge in [-0.05, 0) is 99.4 Å². The lowest BCUT2D eigenvalue weighted by Crippen LogP contribution is -2.09. The molecule has 11 aromatic rings. The minimum atomic E-state index is 0.918. The normalized spacial score (nSPS) is 11.6. The molecule has 258 valence electrons. The molecule has 0 bridgehead atoms. The highest BCUT2D eigenvalue weighted by molar-refractivity contribution is 7.25. The third kappa shape index (κ3) is 5.32. The molecule has 0 aliphatic heterocycles. The fourth-order valence-electron chi connectivity index (χ4n) is 8.27. The zero-order valence-electron chi connectivity index (χ0n) is 29.8. The van der Waals surface area contributed by atoms with Gasteiger partial charge in [0.1, 0.15) is 11.2 Å². The van der Waals surface area contributed by atoms with E-state index >= 15 is 0 Å². The van der Waals surface area contributed by atoms with Crippen LogP contribution in [0.25, 0.3) is 86.3 Å². The Morgan fingerprint density at radius 1 is 0.327 bits per heavy atom. The van der Waals surface area contributed by atoms with Crippen molar-refractivity contribution in [2.75, 3.05) is 4.90 Å². The molecule has 3 heteroatoms. The number of thiophene rings is 1. The highest BCUT2D eigenvalue weighted by atomic mass is 32.1. The van der Waals surface area contributed by atoms with Crippen molar-refractivity contribution in [1.29, 1.82) is 0 Å². The lowest BCUT2D eigenvalue weighted by atomic mass is 9.96. The van der Waals surface area contributed by atoms with E-state index in [2.05, 4.69) is 193 Å². The summed E-state index contributed by atoms with van der Waals surface area (Å²) in [7, 11) is 0. The van der Waals surface area contributed by atoms with Gasteiger partial charge >= 0.3 is 0 Å². The number of nitrogens with zero attached hydrogens (tertiary/aromatic N) is 1. The van der Waals surface area contributed by atoms with Crippen molar-refractivity contribution < 1.29 is 4.42 Å². The summed E-state index contributed by atoms with van der Waals surface area (Å²) in [5.41, 5.74) is 12.4. The van der Waals surface area contributed by atoms with E-state index in [1.165, 1.54) is 53.4 Å². The van der Waals surface area contributed by atoms with Crippen molar-refractivity contribution in [3.05, 3.63) is 200 Å². The van der Waals surface area contributed by atoms with Crippen LogP contribution in [0.15, 0.2) is 205 Å². The van der Waals surface area contributed by atoms with Crippen LogP contribution in [0.5, 0.6) is 0 Å². The van der Waals surface area contributed by atoms with E-state index in [9.17, 15) is 0 Å². The molecule has 0 N–H and O–H groups in total. The first kappa shape index (κ1) is 31.6. The lowest BCUT2D eigenvalue weighted by Gasteiger charge is -2.26. The zero-order chi connectivity index (χ0) is 36.3. The van der Waals surface area contributed by atoms with E-state index in [1.54, 1.807) is 0 Å². The Morgan fingerprint density at radius 3 is 1.58 bits per heavy atom. The average Bonchev–Trinajstić information content (AvgIpc) is 3.84. The minimum Gasteiger partial charge on any atom is -0.455 e. The molecule has 0 saturated heterocycles. The Hall–Kier alpha value is -6.94. The fraction of sp³-hybridized carbons (Fsp3) is 0. The van der Waals surface area contributed by atoms with Crippen molar-refractivity contribution in [3.8, 4) is 33.4 Å². The number of hydrogen-bond acceptors (Lipinski definition) is 3. The van der Waals surface area contributed by atoms with Gasteiger partial charge in [0.2, 0.25) is 0 Å². The molecule has 9 aromatic carbocycles. The van der Waals surface area contributed by atoms with Crippen LogP contribution in [-0.2, 0) is 0 Å². The number of fused-ring (bicyclic) bond motifs is 8. The molecule has 55 heavy (non-hydrogen) atoms. The molecule has 0 aliphatic rings. The van der Waals surface area contributed by atoms with Gasteiger partial charge in [0.25, 0.3) is 0 Å². The monoisotopic (exact) mass is 719 g/mol. The van der Waals surface area contributed by atoms with E-state index in [1.807, 2.05) is 23.5 Å². The first-order valence-electron chi connectivity index (χ1n) is 18.7. The third-order valence-electron chi connectivity index (χ3n) is 10.9. The van der Waals surface area contributed by atoms with E-state index in [4.69, 9.17) is 4.42 Å². The van der Waals surface area contributed by atoms with Crippen LogP contribution in [0.1, 0.15) is 0 Å². The van der Waals surface area contributed by atoms with Crippen LogP contribution in [0.3, 0.4) is 0 Å². The molecule has 0 atom stereocenters. The molecule has 2 nitrogen and oxygen atoms in total. The summed E-state index contributed by atoms with van der Waals surface area (Å²) in [5.74, 6) is 0. The SMILES string of the molecule is c1ccc(-c2ccc(N(c3ccc(-c4cccc5c4ccc4c6ccccc6oc54)cc3)c3ccc(-c4cccc5sc6ccccc6c45)cc3)cc2)cc1. The van der Waals surface area contributed by atoms with E-state index < -0.39 is 0 Å². The van der Waals surface area contributed by atoms with Crippen LogP contribution in [0.2, 0.25) is 0 Å². The molecule has 0 fully saturated rings. The average molecular weight is 720 g/mol. The molecule has 2 heterocycles. The quantitative estimate of drug-likeness (QED) is 0.170. The topological polar surface area (TPSA) is 16.4 Å². The molecular formula is C52H33NOS. The first-order valence-corrected chi connectivity index (χ1v) is 19.5. The maximum Gasteiger partial charge on any atom is 0.143 e. The predicted molar refractivity (Wildman–Crippen MR) is 235 cm³/mol. The van der Waals surface area contributed by atoms with Crippen molar-refractivity contribution in [3.63, 3.8) is 0 Å². The molecule has 0 radical (unpaired) electrons. The van der Waals surface area contributed by atoms with Crippen LogP contribution in [0.4, 0.5) is 17.1 Å². The van der Waals surface area contributed by atoms with Gasteiger partial charge in [0, 0.05) is 53.4 Å². The Balaban J connectivity index is 1.00. The summed E-state index contributed by atoms with van der Waals surface area (Å²) in [6, 6.07) is 72.1. The lowest BCUT2D eigenvalue weighted by molar-refractivity contribution is 0.672. The van der Waals surface area contributed by atoms with Gasteiger partial charge in [-0.2, -0.15) is 0 Å². The van der Waals surface area contributed by atoms with Crippen molar-refractivity contribution in [2.24, 2.45) is 0 Å². The van der Waals surface area contributed by atoms with Crippen molar-refractivity contribution in [1.82, 2.24) is 0 Å². The summed E-state index contributed by atoms with van der Waals surface area (Å²) in [4.78, 5) is 2.35. The number of hydrogen-bond donors (Lipinski definition) is 0. The van der Waals surface area contributed by atoms with Crippen LogP contribution in [-0.4, -0.2) is 0 Å². The fourth-order valence-corrected chi connectivity index (χ4v) is 9.40. The number of para-hydroxylation sites is 1. The van der Waals surface area contributed by atoms with Crippen LogP contribution in [0, 0.1) is 0 Å². The van der Waals surface area contributed by atoms with Crippen LogP contribution >= 0.6 is 11.3 Å². The Morgan fingerprint density at radius 2 is 0.836 bits per heavy atom. The number of benzene rings is 9. The summed E-state index contributed by atoms with van der Waals surface area (Å²) in [6.07, 6.45) is 0. The zero-order valence-corrected chi connectivity index (χ0v) is 30.6. The number of anilines is 3. The van der Waals surface area contributed by atoms with Gasteiger partial charge in [0.05, 0.1) is 0 Å². The first-order chi connectivity index (χ1) is 27.3. The number of furan rings is 1. The van der Waals surface area contributed by atoms with E-state index in [0.29, 0.717) is 0 Å². The van der Waals surface area contributed by atoms with Crippen molar-refractivity contribution in [2.45, 2.75) is 0 Å². The largest absolute Gasteiger partial charge is 0.455 e. The van der Waals surface area contributed by atoms with Gasteiger partial charge in [-0.25, -0.2) is 0 Å². The molecular weight excluding hydrogens is 687 g/mol. The summed E-state index contributed by atoms with van der Waals surface area (Å²) in [6.45, 7) is 0. The summed E-state index contributed by atoms with van der Waals surface area (Å²) in [5, 5.41) is 7.25. The van der Waals surface area contributed by atoms with Gasteiger partial charge < -0.3 is 9.32 Å².